The lowest BCUT2D eigenvalue weighted by atomic mass is 10.2. The van der Waals surface area contributed by atoms with E-state index in [1.807, 2.05) is 0 Å². The largest absolute Gasteiger partial charge is 0.507 e. The van der Waals surface area contributed by atoms with Gasteiger partial charge in [-0.05, 0) is 19.1 Å². The summed E-state index contributed by atoms with van der Waals surface area (Å²) in [5, 5.41) is 18.5. The van der Waals surface area contributed by atoms with E-state index >= 15 is 0 Å². The van der Waals surface area contributed by atoms with Crippen molar-refractivity contribution >= 4 is 11.9 Å². The van der Waals surface area contributed by atoms with Gasteiger partial charge in [-0.2, -0.15) is 4.98 Å². The number of nitrogens with one attached hydrogen (secondary N) is 2. The predicted molar refractivity (Wildman–Crippen MR) is 63.7 cm³/mol. The van der Waals surface area contributed by atoms with Gasteiger partial charge in [-0.3, -0.25) is 15.2 Å². The first-order chi connectivity index (χ1) is 8.60. The first-order valence-corrected chi connectivity index (χ1v) is 5.17. The molecule has 0 bridgehead atoms. The summed E-state index contributed by atoms with van der Waals surface area (Å²) in [6.45, 7) is 1.72. The number of phenolic OH excluding ortho intramolecular Hbond substituents is 1. The second kappa shape index (κ2) is 4.74. The summed E-state index contributed by atoms with van der Waals surface area (Å²) in [5.41, 5.74) is 0.123. The van der Waals surface area contributed by atoms with Gasteiger partial charge in [-0.15, -0.1) is 5.10 Å². The maximum atomic E-state index is 11.8. The highest BCUT2D eigenvalue weighted by atomic mass is 16.5. The molecule has 0 aliphatic carbocycles. The van der Waals surface area contributed by atoms with E-state index in [2.05, 4.69) is 20.5 Å². The van der Waals surface area contributed by atoms with Crippen LogP contribution in [-0.2, 0) is 0 Å². The van der Waals surface area contributed by atoms with Crippen molar-refractivity contribution in [3.63, 3.8) is 0 Å². The molecule has 0 spiro atoms. The van der Waals surface area contributed by atoms with Crippen LogP contribution in [0.4, 0.5) is 5.95 Å². The van der Waals surface area contributed by atoms with Crippen molar-refractivity contribution in [3.8, 4) is 11.5 Å². The number of anilines is 1. The third-order valence-electron chi connectivity index (χ3n) is 2.27. The Morgan fingerprint density at radius 3 is 2.83 bits per heavy atom. The predicted octanol–water partition coefficient (Wildman–Crippen LogP) is 1.08. The van der Waals surface area contributed by atoms with Crippen LogP contribution in [0, 0.1) is 6.92 Å². The Kier molecular flexibility index (Phi) is 3.13. The van der Waals surface area contributed by atoms with Crippen molar-refractivity contribution in [2.75, 3.05) is 12.4 Å². The van der Waals surface area contributed by atoms with Crippen LogP contribution in [-0.4, -0.2) is 33.3 Å². The summed E-state index contributed by atoms with van der Waals surface area (Å²) in [6, 6.07) is 4.40. The maximum Gasteiger partial charge on any atom is 0.261 e. The van der Waals surface area contributed by atoms with Gasteiger partial charge in [0.05, 0.1) is 12.7 Å². The molecule has 7 nitrogen and oxygen atoms in total. The van der Waals surface area contributed by atoms with E-state index in [4.69, 9.17) is 4.74 Å². The first-order valence-electron chi connectivity index (χ1n) is 5.17. The van der Waals surface area contributed by atoms with Crippen molar-refractivity contribution in [1.82, 2.24) is 15.2 Å². The number of amides is 1. The van der Waals surface area contributed by atoms with Crippen molar-refractivity contribution in [3.05, 3.63) is 29.6 Å². The van der Waals surface area contributed by atoms with Gasteiger partial charge < -0.3 is 9.84 Å². The third kappa shape index (κ3) is 2.40. The van der Waals surface area contributed by atoms with Gasteiger partial charge in [0.15, 0.2) is 0 Å². The Hall–Kier alpha value is -2.57. The number of carbonyl (C=O) groups excluding carboxylic acids is 1. The van der Waals surface area contributed by atoms with Crippen molar-refractivity contribution < 1.29 is 14.6 Å². The number of carbonyl (C=O) groups is 1. The topological polar surface area (TPSA) is 100 Å². The molecular formula is C11H12N4O3. The van der Waals surface area contributed by atoms with E-state index in [1.165, 1.54) is 19.2 Å². The molecule has 0 saturated carbocycles. The average Bonchev–Trinajstić information content (AvgIpc) is 2.74. The molecule has 3 N–H and O–H groups in total. The standard InChI is InChI=1S/C11H12N4O3/c1-6-12-11(15-14-6)13-10(17)8-4-3-7(18-2)5-9(8)16/h3-5,16H,1-2H3,(H2,12,13,14,15,17). The van der Waals surface area contributed by atoms with Gasteiger partial charge in [-0.1, -0.05) is 0 Å². The molecule has 18 heavy (non-hydrogen) atoms. The van der Waals surface area contributed by atoms with Crippen LogP contribution in [0.1, 0.15) is 16.2 Å². The van der Waals surface area contributed by atoms with E-state index in [1.54, 1.807) is 13.0 Å². The fourth-order valence-corrected chi connectivity index (χ4v) is 1.40. The molecule has 0 radical (unpaired) electrons. The van der Waals surface area contributed by atoms with Crippen LogP contribution in [0.2, 0.25) is 0 Å². The number of phenols is 1. The summed E-state index contributed by atoms with van der Waals surface area (Å²) in [7, 11) is 1.48. The molecule has 1 aromatic carbocycles. The summed E-state index contributed by atoms with van der Waals surface area (Å²) in [5.74, 6) is 0.558. The Labute approximate surface area is 103 Å². The molecular weight excluding hydrogens is 236 g/mol. The molecule has 0 unspecified atom stereocenters. The molecule has 1 amide bonds. The van der Waals surface area contributed by atoms with Gasteiger partial charge in [0, 0.05) is 6.07 Å². The number of aromatic nitrogens is 3. The van der Waals surface area contributed by atoms with E-state index in [0.29, 0.717) is 11.6 Å². The summed E-state index contributed by atoms with van der Waals surface area (Å²) in [4.78, 5) is 15.8. The van der Waals surface area contributed by atoms with Crippen LogP contribution in [0.5, 0.6) is 11.5 Å². The minimum absolute atomic E-state index is 0.123. The van der Waals surface area contributed by atoms with Gasteiger partial charge in [0.1, 0.15) is 17.3 Å². The Morgan fingerprint density at radius 2 is 2.28 bits per heavy atom. The average molecular weight is 248 g/mol. The molecule has 2 aromatic rings. The monoisotopic (exact) mass is 248 g/mol. The van der Waals surface area contributed by atoms with Gasteiger partial charge in [0.2, 0.25) is 5.95 Å². The zero-order chi connectivity index (χ0) is 13.1. The van der Waals surface area contributed by atoms with Crippen LogP contribution < -0.4 is 10.1 Å². The van der Waals surface area contributed by atoms with Crippen LogP contribution in [0.3, 0.4) is 0 Å². The second-order valence-corrected chi connectivity index (χ2v) is 3.58. The minimum Gasteiger partial charge on any atom is -0.507 e. The fourth-order valence-electron chi connectivity index (χ4n) is 1.40. The minimum atomic E-state index is -0.492. The van der Waals surface area contributed by atoms with E-state index in [-0.39, 0.29) is 17.3 Å². The first kappa shape index (κ1) is 11.9. The highest BCUT2D eigenvalue weighted by molar-refractivity contribution is 6.05. The van der Waals surface area contributed by atoms with Crippen LogP contribution in [0.15, 0.2) is 18.2 Å². The number of aryl methyl sites for hydroxylation is 1. The third-order valence-corrected chi connectivity index (χ3v) is 2.27. The molecule has 1 heterocycles. The van der Waals surface area contributed by atoms with E-state index in [0.717, 1.165) is 0 Å². The fraction of sp³-hybridized carbons (Fsp3) is 0.182. The molecule has 7 heteroatoms. The van der Waals surface area contributed by atoms with Crippen LogP contribution >= 0.6 is 0 Å². The number of methoxy groups -OCH3 is 1. The normalized spacial score (nSPS) is 10.1. The molecule has 0 aliphatic heterocycles. The number of aromatic hydroxyl groups is 1. The molecule has 94 valence electrons. The van der Waals surface area contributed by atoms with Gasteiger partial charge >= 0.3 is 0 Å². The number of benzene rings is 1. The lowest BCUT2D eigenvalue weighted by Crippen LogP contribution is -2.13. The number of nitrogens with zero attached hydrogens (tertiary/aromatic N) is 2. The van der Waals surface area contributed by atoms with Gasteiger partial charge in [-0.25, -0.2) is 0 Å². The van der Waals surface area contributed by atoms with E-state index in [9.17, 15) is 9.90 Å². The van der Waals surface area contributed by atoms with Crippen molar-refractivity contribution in [2.45, 2.75) is 6.92 Å². The number of rotatable bonds is 3. The number of H-pyrrole nitrogens is 1. The molecule has 0 atom stereocenters. The summed E-state index contributed by atoms with van der Waals surface area (Å²) in [6.07, 6.45) is 0. The number of ether oxygens (including phenoxy) is 1. The molecule has 0 saturated heterocycles. The number of aromatic amines is 1. The van der Waals surface area contributed by atoms with Crippen LogP contribution in [0.25, 0.3) is 0 Å². The second-order valence-electron chi connectivity index (χ2n) is 3.58. The Bertz CT molecular complexity index is 579. The summed E-state index contributed by atoms with van der Waals surface area (Å²) < 4.78 is 4.93. The highest BCUT2D eigenvalue weighted by Crippen LogP contribution is 2.23. The lowest BCUT2D eigenvalue weighted by Gasteiger charge is -2.05. The molecule has 0 fully saturated rings. The van der Waals surface area contributed by atoms with E-state index < -0.39 is 5.91 Å². The maximum absolute atomic E-state index is 11.8. The van der Waals surface area contributed by atoms with Gasteiger partial charge in [0.25, 0.3) is 5.91 Å². The lowest BCUT2D eigenvalue weighted by molar-refractivity contribution is 0.102. The Balaban J connectivity index is 2.18. The molecule has 2 rings (SSSR count). The van der Waals surface area contributed by atoms with Crippen molar-refractivity contribution in [1.29, 1.82) is 0 Å². The highest BCUT2D eigenvalue weighted by Gasteiger charge is 2.13. The smallest absolute Gasteiger partial charge is 0.261 e. The van der Waals surface area contributed by atoms with Crippen molar-refractivity contribution in [2.24, 2.45) is 0 Å². The zero-order valence-corrected chi connectivity index (χ0v) is 9.89. The quantitative estimate of drug-likeness (QED) is 0.754. The molecule has 0 aliphatic rings. The summed E-state index contributed by atoms with van der Waals surface area (Å²) >= 11 is 0. The number of hydrogen-bond acceptors (Lipinski definition) is 5. The molecule has 1 aromatic heterocycles. The number of hydrogen-bond donors (Lipinski definition) is 3. The zero-order valence-electron chi connectivity index (χ0n) is 9.89. The Morgan fingerprint density at radius 1 is 1.50 bits per heavy atom. The SMILES string of the molecule is COc1ccc(C(=O)Nc2n[nH]c(C)n2)c(O)c1.